The molecule has 2 aromatic carbocycles. The van der Waals surface area contributed by atoms with Crippen LogP contribution in [-0.4, -0.2) is 62.9 Å². The van der Waals surface area contributed by atoms with Crippen LogP contribution in [0.5, 0.6) is 5.75 Å². The third-order valence-corrected chi connectivity index (χ3v) is 6.94. The number of ether oxygens (including phenoxy) is 3. The summed E-state index contributed by atoms with van der Waals surface area (Å²) in [6.45, 7) is 7.80. The molecule has 2 aliphatic rings. The molecule has 0 radical (unpaired) electrons. The van der Waals surface area contributed by atoms with E-state index in [1.807, 2.05) is 38.1 Å². The Kier molecular flexibility index (Phi) is 9.56. The topological polar surface area (TPSA) is 118 Å². The molecule has 2 amide bonds. The summed E-state index contributed by atoms with van der Waals surface area (Å²) < 4.78 is 16.4. The summed E-state index contributed by atoms with van der Waals surface area (Å²) in [5.74, 6) is -0.134. The van der Waals surface area contributed by atoms with Crippen molar-refractivity contribution < 1.29 is 28.6 Å². The number of methoxy groups -OCH3 is 1. The molecule has 1 fully saturated rings. The number of carbonyl (C=O) groups excluding carboxylic acids is 3. The summed E-state index contributed by atoms with van der Waals surface area (Å²) in [5, 5.41) is 8.91. The molecule has 2 aliphatic heterocycles. The number of benzene rings is 2. The van der Waals surface area contributed by atoms with E-state index in [1.165, 1.54) is 0 Å². The highest BCUT2D eigenvalue weighted by Gasteiger charge is 2.32. The summed E-state index contributed by atoms with van der Waals surface area (Å²) >= 11 is 0. The first-order chi connectivity index (χ1) is 18.9. The number of urea groups is 1. The van der Waals surface area contributed by atoms with Gasteiger partial charge < -0.3 is 30.2 Å². The molecule has 0 saturated carbocycles. The summed E-state index contributed by atoms with van der Waals surface area (Å²) in [6.07, 6.45) is 3.18. The van der Waals surface area contributed by atoms with Gasteiger partial charge in [0.2, 0.25) is 0 Å². The average Bonchev–Trinajstić information content (AvgIpc) is 3.58. The maximum atomic E-state index is 12.9. The van der Waals surface area contributed by atoms with Gasteiger partial charge in [0.15, 0.2) is 0 Å². The van der Waals surface area contributed by atoms with Crippen molar-refractivity contribution in [3.05, 3.63) is 64.2 Å². The predicted octanol–water partition coefficient (Wildman–Crippen LogP) is 3.99. The molecule has 0 spiro atoms. The van der Waals surface area contributed by atoms with Crippen molar-refractivity contribution in [3.63, 3.8) is 0 Å². The van der Waals surface area contributed by atoms with Crippen molar-refractivity contribution in [2.24, 2.45) is 0 Å². The minimum absolute atomic E-state index is 0.122. The zero-order chi connectivity index (χ0) is 27.8. The first-order valence-electron chi connectivity index (χ1n) is 13.1. The van der Waals surface area contributed by atoms with Crippen LogP contribution in [-0.2, 0) is 27.3 Å². The number of hydrogen-bond acceptors (Lipinski definition) is 8. The van der Waals surface area contributed by atoms with Gasteiger partial charge in [-0.1, -0.05) is 29.8 Å². The maximum absolute atomic E-state index is 12.9. The molecule has 2 aromatic rings. The number of hydrogen-bond donors (Lipinski definition) is 3. The van der Waals surface area contributed by atoms with E-state index in [0.717, 1.165) is 37.4 Å². The summed E-state index contributed by atoms with van der Waals surface area (Å²) in [6, 6.07) is 8.56. The molecule has 39 heavy (non-hydrogen) atoms. The summed E-state index contributed by atoms with van der Waals surface area (Å²) in [5.41, 5.74) is 4.47. The second-order valence-corrected chi connectivity index (χ2v) is 9.64. The van der Waals surface area contributed by atoms with Crippen LogP contribution in [0.3, 0.4) is 0 Å². The lowest BCUT2D eigenvalue weighted by Crippen LogP contribution is -2.27. The van der Waals surface area contributed by atoms with Crippen molar-refractivity contribution in [2.75, 3.05) is 50.7 Å². The van der Waals surface area contributed by atoms with Gasteiger partial charge in [0.25, 0.3) is 0 Å². The van der Waals surface area contributed by atoms with E-state index in [2.05, 4.69) is 20.9 Å². The van der Waals surface area contributed by atoms with Gasteiger partial charge in [-0.15, -0.1) is 0 Å². The minimum atomic E-state index is -0.486. The zero-order valence-corrected chi connectivity index (χ0v) is 22.7. The number of amides is 2. The number of para-hydroxylation sites is 1. The van der Waals surface area contributed by atoms with Gasteiger partial charge in [-0.25, -0.2) is 9.59 Å². The third-order valence-electron chi connectivity index (χ3n) is 6.94. The van der Waals surface area contributed by atoms with Crippen molar-refractivity contribution in [3.8, 4) is 5.75 Å². The van der Waals surface area contributed by atoms with Crippen LogP contribution in [0.1, 0.15) is 46.8 Å². The molecule has 0 bridgehead atoms. The van der Waals surface area contributed by atoms with Gasteiger partial charge in [0.05, 0.1) is 18.4 Å². The highest BCUT2D eigenvalue weighted by atomic mass is 16.5. The number of nitrogens with one attached hydrogen (secondary N) is 3. The molecule has 10 heteroatoms. The SMILES string of the molecule is COc1c(C)c2c(c(NC(=O)Nc3ccccc3)c1CC=C(C)CCC(=O)OCCN1CCNC1)C(=O)OC2. The Balaban J connectivity index is 1.47. The van der Waals surface area contributed by atoms with Crippen LogP contribution in [0.4, 0.5) is 16.2 Å². The monoisotopic (exact) mass is 536 g/mol. The van der Waals surface area contributed by atoms with E-state index in [9.17, 15) is 14.4 Å². The molecule has 0 aliphatic carbocycles. The molecule has 0 unspecified atom stereocenters. The van der Waals surface area contributed by atoms with E-state index < -0.39 is 12.0 Å². The number of rotatable bonds is 11. The lowest BCUT2D eigenvalue weighted by molar-refractivity contribution is -0.143. The van der Waals surface area contributed by atoms with Gasteiger partial charge in [0.1, 0.15) is 19.0 Å². The quantitative estimate of drug-likeness (QED) is 0.291. The van der Waals surface area contributed by atoms with Crippen molar-refractivity contribution in [2.45, 2.75) is 39.7 Å². The fourth-order valence-electron chi connectivity index (χ4n) is 4.77. The Bertz CT molecular complexity index is 1240. The normalized spacial score (nSPS) is 15.1. The van der Waals surface area contributed by atoms with Gasteiger partial charge in [-0.05, 0) is 44.4 Å². The van der Waals surface area contributed by atoms with E-state index in [-0.39, 0.29) is 19.0 Å². The van der Waals surface area contributed by atoms with Crippen molar-refractivity contribution >= 4 is 29.3 Å². The number of fused-ring (bicyclic) bond motifs is 1. The zero-order valence-electron chi connectivity index (χ0n) is 22.7. The van der Waals surface area contributed by atoms with Crippen molar-refractivity contribution in [1.82, 2.24) is 10.2 Å². The fourth-order valence-corrected chi connectivity index (χ4v) is 4.77. The van der Waals surface area contributed by atoms with Gasteiger partial charge >= 0.3 is 18.0 Å². The van der Waals surface area contributed by atoms with Gasteiger partial charge in [-0.2, -0.15) is 0 Å². The smallest absolute Gasteiger partial charge is 0.341 e. The maximum Gasteiger partial charge on any atom is 0.341 e. The molecule has 208 valence electrons. The van der Waals surface area contributed by atoms with Gasteiger partial charge in [-0.3, -0.25) is 9.69 Å². The van der Waals surface area contributed by atoms with Crippen LogP contribution in [0, 0.1) is 6.92 Å². The average molecular weight is 537 g/mol. The Labute approximate surface area is 228 Å². The fraction of sp³-hybridized carbons (Fsp3) is 0.414. The third kappa shape index (κ3) is 7.15. The molecular formula is C29H36N4O6. The van der Waals surface area contributed by atoms with Crippen molar-refractivity contribution in [1.29, 1.82) is 0 Å². The second kappa shape index (κ2) is 13.3. The van der Waals surface area contributed by atoms with Crippen LogP contribution in [0.15, 0.2) is 42.0 Å². The first-order valence-corrected chi connectivity index (χ1v) is 13.1. The number of cyclic esters (lactones) is 1. The molecule has 4 rings (SSSR count). The standard InChI is InChI=1S/C29H36N4O6/c1-19(10-12-24(34)38-16-15-33-14-13-30-18-33)9-11-22-26(32-29(36)31-21-7-5-4-6-8-21)25-23(17-39-28(25)35)20(2)27(22)37-3/h4-9,30H,10-18H2,1-3H3,(H2,31,32,36). The lowest BCUT2D eigenvalue weighted by Gasteiger charge is -2.20. The van der Waals surface area contributed by atoms with E-state index in [0.29, 0.717) is 53.3 Å². The summed E-state index contributed by atoms with van der Waals surface area (Å²) in [7, 11) is 1.56. The molecule has 10 nitrogen and oxygen atoms in total. The second-order valence-electron chi connectivity index (χ2n) is 9.64. The highest BCUT2D eigenvalue weighted by molar-refractivity contribution is 6.08. The molecule has 3 N–H and O–H groups in total. The van der Waals surface area contributed by atoms with Crippen LogP contribution < -0.4 is 20.7 Å². The number of anilines is 2. The molecule has 2 heterocycles. The van der Waals surface area contributed by atoms with Crippen LogP contribution in [0.2, 0.25) is 0 Å². The van der Waals surface area contributed by atoms with Crippen LogP contribution in [0.25, 0.3) is 0 Å². The number of carbonyl (C=O) groups is 3. The van der Waals surface area contributed by atoms with E-state index in [1.54, 1.807) is 19.2 Å². The number of esters is 2. The Morgan fingerprint density at radius 3 is 2.69 bits per heavy atom. The Hall–Kier alpha value is -3.89. The van der Waals surface area contributed by atoms with E-state index in [4.69, 9.17) is 14.2 Å². The highest BCUT2D eigenvalue weighted by Crippen LogP contribution is 2.41. The van der Waals surface area contributed by atoms with Gasteiger partial charge in [0, 0.05) is 49.5 Å². The Morgan fingerprint density at radius 1 is 1.18 bits per heavy atom. The summed E-state index contributed by atoms with van der Waals surface area (Å²) in [4.78, 5) is 40.1. The molecule has 0 aromatic heterocycles. The Morgan fingerprint density at radius 2 is 1.97 bits per heavy atom. The van der Waals surface area contributed by atoms with E-state index >= 15 is 0 Å². The first kappa shape index (κ1) is 28.1. The predicted molar refractivity (Wildman–Crippen MR) is 148 cm³/mol. The number of nitrogens with zero attached hydrogens (tertiary/aromatic N) is 1. The molecule has 1 saturated heterocycles. The lowest BCUT2D eigenvalue weighted by atomic mass is 9.93. The minimum Gasteiger partial charge on any atom is -0.496 e. The number of allylic oxidation sites excluding steroid dienone is 2. The largest absolute Gasteiger partial charge is 0.496 e. The molecular weight excluding hydrogens is 500 g/mol. The van der Waals surface area contributed by atoms with Crippen LogP contribution >= 0.6 is 0 Å². The molecule has 0 atom stereocenters.